The molecule has 0 aliphatic carbocycles. The predicted molar refractivity (Wildman–Crippen MR) is 88.7 cm³/mol. The van der Waals surface area contributed by atoms with Crippen molar-refractivity contribution in [3.63, 3.8) is 0 Å². The predicted octanol–water partition coefficient (Wildman–Crippen LogP) is 0.497. The van der Waals surface area contributed by atoms with Crippen LogP contribution in [0, 0.1) is 5.92 Å². The van der Waals surface area contributed by atoms with E-state index in [1.807, 2.05) is 0 Å². The Kier molecular flexibility index (Phi) is 7.28. The standard InChI is InChI=1S/C14H21N3O3S.ClH/c1-2-21(19,20)17-10-11-3-5-13(6-4-11)14(18)16-9-12-7-15-8-12;/h3-6,12,15,17H,2,7-10H2,1H3,(H,16,18);1H. The average Bonchev–Trinajstić information content (AvgIpc) is 2.44. The van der Waals surface area contributed by atoms with E-state index in [0.717, 1.165) is 18.7 Å². The number of halogens is 1. The van der Waals surface area contributed by atoms with Crippen molar-refractivity contribution in [1.82, 2.24) is 15.4 Å². The van der Waals surface area contributed by atoms with Gasteiger partial charge >= 0.3 is 0 Å². The highest BCUT2D eigenvalue weighted by Gasteiger charge is 2.17. The molecule has 0 saturated carbocycles. The summed E-state index contributed by atoms with van der Waals surface area (Å²) in [5.41, 5.74) is 1.41. The Morgan fingerprint density at radius 3 is 2.41 bits per heavy atom. The van der Waals surface area contributed by atoms with Crippen LogP contribution in [0.25, 0.3) is 0 Å². The minimum absolute atomic E-state index is 0. The van der Waals surface area contributed by atoms with Crippen LogP contribution in [-0.2, 0) is 16.6 Å². The Morgan fingerprint density at radius 2 is 1.91 bits per heavy atom. The Morgan fingerprint density at radius 1 is 1.27 bits per heavy atom. The van der Waals surface area contributed by atoms with Gasteiger partial charge in [0.15, 0.2) is 0 Å². The molecule has 22 heavy (non-hydrogen) atoms. The summed E-state index contributed by atoms with van der Waals surface area (Å²) < 4.78 is 25.2. The normalized spacial score (nSPS) is 14.8. The lowest BCUT2D eigenvalue weighted by Crippen LogP contribution is -2.48. The molecule has 1 aromatic rings. The molecule has 0 unspecified atom stereocenters. The lowest BCUT2D eigenvalue weighted by atomic mass is 10.0. The molecule has 124 valence electrons. The first kappa shape index (κ1) is 18.9. The van der Waals surface area contributed by atoms with E-state index in [4.69, 9.17) is 0 Å². The number of benzene rings is 1. The van der Waals surface area contributed by atoms with Crippen LogP contribution in [0.15, 0.2) is 24.3 Å². The quantitative estimate of drug-likeness (QED) is 0.670. The van der Waals surface area contributed by atoms with Gasteiger partial charge in [-0.25, -0.2) is 13.1 Å². The number of hydrogen-bond acceptors (Lipinski definition) is 4. The summed E-state index contributed by atoms with van der Waals surface area (Å²) in [4.78, 5) is 11.9. The number of nitrogens with one attached hydrogen (secondary N) is 3. The smallest absolute Gasteiger partial charge is 0.251 e. The van der Waals surface area contributed by atoms with Gasteiger partial charge in [0.25, 0.3) is 5.91 Å². The maximum atomic E-state index is 11.9. The second kappa shape index (κ2) is 8.47. The second-order valence-electron chi connectivity index (χ2n) is 5.16. The summed E-state index contributed by atoms with van der Waals surface area (Å²) in [6.07, 6.45) is 0. The van der Waals surface area contributed by atoms with Crippen molar-refractivity contribution < 1.29 is 13.2 Å². The van der Waals surface area contributed by atoms with Crippen LogP contribution in [0.2, 0.25) is 0 Å². The molecule has 0 aromatic heterocycles. The van der Waals surface area contributed by atoms with Gasteiger partial charge in [-0.3, -0.25) is 4.79 Å². The summed E-state index contributed by atoms with van der Waals surface area (Å²) in [7, 11) is -3.19. The fourth-order valence-electron chi connectivity index (χ4n) is 1.90. The minimum atomic E-state index is -3.19. The van der Waals surface area contributed by atoms with Crippen LogP contribution in [0.1, 0.15) is 22.8 Å². The molecule has 0 spiro atoms. The Hall–Kier alpha value is -1.15. The summed E-state index contributed by atoms with van der Waals surface area (Å²) in [5, 5.41) is 6.05. The fourth-order valence-corrected chi connectivity index (χ4v) is 2.49. The molecule has 2 rings (SSSR count). The number of sulfonamides is 1. The highest BCUT2D eigenvalue weighted by atomic mass is 35.5. The minimum Gasteiger partial charge on any atom is -0.352 e. The van der Waals surface area contributed by atoms with Crippen LogP contribution in [0.3, 0.4) is 0 Å². The molecule has 1 aliphatic heterocycles. The van der Waals surface area contributed by atoms with Gasteiger partial charge in [0.1, 0.15) is 0 Å². The Bertz CT molecular complexity index is 586. The second-order valence-corrected chi connectivity index (χ2v) is 7.25. The van der Waals surface area contributed by atoms with Gasteiger partial charge in [0.05, 0.1) is 5.75 Å². The third-order valence-corrected chi connectivity index (χ3v) is 4.85. The van der Waals surface area contributed by atoms with Crippen molar-refractivity contribution in [1.29, 1.82) is 0 Å². The van der Waals surface area contributed by atoms with Gasteiger partial charge in [-0.2, -0.15) is 0 Å². The van der Waals surface area contributed by atoms with E-state index in [2.05, 4.69) is 15.4 Å². The SMILES string of the molecule is CCS(=O)(=O)NCc1ccc(C(=O)NCC2CNC2)cc1.Cl. The zero-order valence-electron chi connectivity index (χ0n) is 12.5. The number of rotatable bonds is 7. The maximum absolute atomic E-state index is 11.9. The van der Waals surface area contributed by atoms with E-state index in [9.17, 15) is 13.2 Å². The largest absolute Gasteiger partial charge is 0.352 e. The first-order chi connectivity index (χ1) is 10.00. The zero-order chi connectivity index (χ0) is 15.3. The van der Waals surface area contributed by atoms with E-state index in [1.165, 1.54) is 0 Å². The van der Waals surface area contributed by atoms with Crippen LogP contribution in [-0.4, -0.2) is 39.7 Å². The molecule has 1 heterocycles. The highest BCUT2D eigenvalue weighted by molar-refractivity contribution is 7.89. The summed E-state index contributed by atoms with van der Waals surface area (Å²) >= 11 is 0. The van der Waals surface area contributed by atoms with Crippen LogP contribution in [0.5, 0.6) is 0 Å². The van der Waals surface area contributed by atoms with E-state index in [0.29, 0.717) is 18.0 Å². The van der Waals surface area contributed by atoms with Gasteiger partial charge in [-0.05, 0) is 24.6 Å². The maximum Gasteiger partial charge on any atom is 0.251 e. The van der Waals surface area contributed by atoms with Crippen LogP contribution in [0.4, 0.5) is 0 Å². The number of amides is 1. The molecule has 1 aliphatic rings. The number of hydrogen-bond donors (Lipinski definition) is 3. The first-order valence-corrected chi connectivity index (χ1v) is 8.70. The fraction of sp³-hybridized carbons (Fsp3) is 0.500. The lowest BCUT2D eigenvalue weighted by molar-refractivity contribution is 0.0942. The molecule has 1 fully saturated rings. The average molecular weight is 348 g/mol. The monoisotopic (exact) mass is 347 g/mol. The summed E-state index contributed by atoms with van der Waals surface area (Å²) in [6.45, 7) is 4.43. The molecule has 1 saturated heterocycles. The summed E-state index contributed by atoms with van der Waals surface area (Å²) in [5.74, 6) is 0.489. The molecule has 3 N–H and O–H groups in total. The molecular weight excluding hydrogens is 326 g/mol. The van der Waals surface area contributed by atoms with Gasteiger partial charge in [0.2, 0.25) is 10.0 Å². The third-order valence-electron chi connectivity index (χ3n) is 3.51. The molecule has 6 nitrogen and oxygen atoms in total. The molecule has 0 radical (unpaired) electrons. The van der Waals surface area contributed by atoms with E-state index < -0.39 is 10.0 Å². The zero-order valence-corrected chi connectivity index (χ0v) is 14.1. The van der Waals surface area contributed by atoms with Gasteiger partial charge in [-0.1, -0.05) is 12.1 Å². The van der Waals surface area contributed by atoms with Gasteiger partial charge < -0.3 is 10.6 Å². The van der Waals surface area contributed by atoms with Crippen molar-refractivity contribution in [2.45, 2.75) is 13.5 Å². The van der Waals surface area contributed by atoms with Crippen molar-refractivity contribution in [3.8, 4) is 0 Å². The van der Waals surface area contributed by atoms with E-state index >= 15 is 0 Å². The molecule has 8 heteroatoms. The van der Waals surface area contributed by atoms with Crippen LogP contribution >= 0.6 is 12.4 Å². The van der Waals surface area contributed by atoms with Crippen molar-refractivity contribution >= 4 is 28.3 Å². The lowest BCUT2D eigenvalue weighted by Gasteiger charge is -2.27. The Labute approximate surface area is 137 Å². The van der Waals surface area contributed by atoms with Gasteiger partial charge in [0, 0.05) is 37.7 Å². The van der Waals surface area contributed by atoms with E-state index in [-0.39, 0.29) is 30.6 Å². The Balaban J connectivity index is 0.00000242. The van der Waals surface area contributed by atoms with Crippen LogP contribution < -0.4 is 15.4 Å². The molecule has 0 atom stereocenters. The molecule has 0 bridgehead atoms. The first-order valence-electron chi connectivity index (χ1n) is 7.05. The topological polar surface area (TPSA) is 87.3 Å². The van der Waals surface area contributed by atoms with Crippen molar-refractivity contribution in [2.75, 3.05) is 25.4 Å². The summed E-state index contributed by atoms with van der Waals surface area (Å²) in [6, 6.07) is 6.95. The third kappa shape index (κ3) is 5.57. The van der Waals surface area contributed by atoms with E-state index in [1.54, 1.807) is 31.2 Å². The highest BCUT2D eigenvalue weighted by Crippen LogP contribution is 2.06. The van der Waals surface area contributed by atoms with Gasteiger partial charge in [-0.15, -0.1) is 12.4 Å². The molecule has 1 amide bonds. The molecule has 1 aromatic carbocycles. The number of carbonyl (C=O) groups excluding carboxylic acids is 1. The molecular formula is C14H22ClN3O3S. The van der Waals surface area contributed by atoms with Crippen molar-refractivity contribution in [2.24, 2.45) is 5.92 Å². The van der Waals surface area contributed by atoms with Crippen molar-refractivity contribution in [3.05, 3.63) is 35.4 Å². The number of carbonyl (C=O) groups is 1.